The van der Waals surface area contributed by atoms with Crippen molar-refractivity contribution in [2.24, 2.45) is 11.1 Å². The minimum absolute atomic E-state index is 0.0221. The summed E-state index contributed by atoms with van der Waals surface area (Å²) in [5, 5.41) is 0.0221. The fourth-order valence-electron chi connectivity index (χ4n) is 3.41. The van der Waals surface area contributed by atoms with Crippen LogP contribution in [0.25, 0.3) is 22.3 Å². The van der Waals surface area contributed by atoms with Crippen LogP contribution >= 0.6 is 11.6 Å². The molecule has 1 atom stereocenters. The van der Waals surface area contributed by atoms with Gasteiger partial charge in [0.25, 0.3) is 5.56 Å². The van der Waals surface area contributed by atoms with Crippen LogP contribution in [0.4, 0.5) is 4.39 Å². The van der Waals surface area contributed by atoms with Crippen LogP contribution in [0.2, 0.25) is 5.28 Å². The number of fused-ring (bicyclic) bond motifs is 1. The van der Waals surface area contributed by atoms with E-state index in [0.717, 1.165) is 11.1 Å². The summed E-state index contributed by atoms with van der Waals surface area (Å²) in [5.74, 6) is -0.173. The van der Waals surface area contributed by atoms with E-state index in [9.17, 15) is 17.6 Å². The second kappa shape index (κ2) is 10.9. The molecule has 10 heteroatoms. The van der Waals surface area contributed by atoms with E-state index in [2.05, 4.69) is 15.0 Å². The van der Waals surface area contributed by atoms with Crippen molar-refractivity contribution in [3.63, 3.8) is 0 Å². The fraction of sp³-hybridized carbons (Fsp3) is 0.269. The Hall–Kier alpha value is -3.14. The minimum atomic E-state index is -3.20. The predicted molar refractivity (Wildman–Crippen MR) is 141 cm³/mol. The van der Waals surface area contributed by atoms with E-state index in [1.165, 1.54) is 12.1 Å². The van der Waals surface area contributed by atoms with Crippen molar-refractivity contribution in [1.29, 1.82) is 0 Å². The molecule has 0 aliphatic heterocycles. The lowest BCUT2D eigenvalue weighted by Gasteiger charge is -2.18. The third-order valence-corrected chi connectivity index (χ3v) is 7.47. The van der Waals surface area contributed by atoms with Crippen LogP contribution in [-0.4, -0.2) is 29.1 Å². The average Bonchev–Trinajstić information content (AvgIpc) is 2.78. The number of H-pyrrole nitrogens is 1. The molecular formula is C26H28ClFN4O3S. The molecule has 0 unspecified atom stereocenters. The summed E-state index contributed by atoms with van der Waals surface area (Å²) in [4.78, 5) is 22.7. The summed E-state index contributed by atoms with van der Waals surface area (Å²) in [5.41, 5.74) is 7.94. The van der Waals surface area contributed by atoms with Crippen molar-refractivity contribution < 1.29 is 12.8 Å². The van der Waals surface area contributed by atoms with Gasteiger partial charge in [0.1, 0.15) is 5.82 Å². The second-order valence-electron chi connectivity index (χ2n) is 9.61. The highest BCUT2D eigenvalue weighted by atomic mass is 35.5. The Kier molecular flexibility index (Phi) is 8.28. The second-order valence-corrected chi connectivity index (χ2v) is 12.0. The Balaban J connectivity index is 0.000000202. The first kappa shape index (κ1) is 27.4. The number of rotatable bonds is 4. The molecule has 4 aromatic rings. The standard InChI is InChI=1S/C13H7ClFN3O.C13H21NO2S/c14-13-17-10-6-5-9(16-11(10)12(19)18-13)7-1-3-8(15)4-2-7;1-10(14)11-5-7-12(8-6-11)17(15,16)9-13(2,3)4/h1-6H,(H,17,18,19);5-8,10H,9,14H2,1-4H3/t;10-/m.1/s1. The Bertz CT molecular complexity index is 1510. The third kappa shape index (κ3) is 7.19. The number of nitrogens with two attached hydrogens (primary N) is 1. The Morgan fingerprint density at radius 1 is 1.00 bits per heavy atom. The first-order valence-electron chi connectivity index (χ1n) is 11.2. The van der Waals surface area contributed by atoms with Crippen LogP contribution in [0.15, 0.2) is 70.4 Å². The zero-order valence-electron chi connectivity index (χ0n) is 20.4. The largest absolute Gasteiger partial charge is 0.324 e. The molecule has 0 aliphatic rings. The van der Waals surface area contributed by atoms with Crippen LogP contribution in [0, 0.1) is 11.2 Å². The molecule has 3 N–H and O–H groups in total. The summed E-state index contributed by atoms with van der Waals surface area (Å²) < 4.78 is 37.1. The molecule has 0 aliphatic carbocycles. The van der Waals surface area contributed by atoms with Crippen molar-refractivity contribution in [2.75, 3.05) is 5.75 Å². The zero-order chi connectivity index (χ0) is 26.7. The van der Waals surface area contributed by atoms with E-state index in [1.807, 2.05) is 27.7 Å². The fourth-order valence-corrected chi connectivity index (χ4v) is 5.44. The first-order chi connectivity index (χ1) is 16.7. The number of aromatic amines is 1. The number of nitrogens with one attached hydrogen (secondary N) is 1. The van der Waals surface area contributed by atoms with Gasteiger partial charge in [0.15, 0.2) is 15.4 Å². The Morgan fingerprint density at radius 3 is 2.17 bits per heavy atom. The lowest BCUT2D eigenvalue weighted by molar-refractivity contribution is 0.461. The number of pyridine rings is 1. The van der Waals surface area contributed by atoms with E-state index in [0.29, 0.717) is 16.1 Å². The molecule has 36 heavy (non-hydrogen) atoms. The quantitative estimate of drug-likeness (QED) is 0.345. The van der Waals surface area contributed by atoms with Gasteiger partial charge in [0.2, 0.25) is 5.28 Å². The molecule has 4 rings (SSSR count). The van der Waals surface area contributed by atoms with Crippen molar-refractivity contribution in [1.82, 2.24) is 15.0 Å². The molecule has 2 aromatic heterocycles. The van der Waals surface area contributed by atoms with Gasteiger partial charge in [-0.25, -0.2) is 22.8 Å². The lowest BCUT2D eigenvalue weighted by atomic mass is 10.0. The van der Waals surface area contributed by atoms with Crippen LogP contribution < -0.4 is 11.3 Å². The maximum Gasteiger partial charge on any atom is 0.278 e. The highest BCUT2D eigenvalue weighted by Gasteiger charge is 2.23. The summed E-state index contributed by atoms with van der Waals surface area (Å²) in [6.45, 7) is 7.63. The molecule has 0 saturated carbocycles. The van der Waals surface area contributed by atoms with E-state index in [4.69, 9.17) is 17.3 Å². The van der Waals surface area contributed by atoms with E-state index in [1.54, 1.807) is 48.5 Å². The summed E-state index contributed by atoms with van der Waals surface area (Å²) >= 11 is 5.66. The third-order valence-electron chi connectivity index (χ3n) is 5.05. The van der Waals surface area contributed by atoms with Crippen molar-refractivity contribution in [3.05, 3.63) is 87.7 Å². The summed E-state index contributed by atoms with van der Waals surface area (Å²) in [6.07, 6.45) is 0. The van der Waals surface area contributed by atoms with Gasteiger partial charge in [-0.2, -0.15) is 0 Å². The Morgan fingerprint density at radius 2 is 1.61 bits per heavy atom. The van der Waals surface area contributed by atoms with Crippen LogP contribution in [-0.2, 0) is 9.84 Å². The normalized spacial score (nSPS) is 12.6. The highest BCUT2D eigenvalue weighted by molar-refractivity contribution is 7.91. The van der Waals surface area contributed by atoms with Gasteiger partial charge < -0.3 is 5.73 Å². The number of aromatic nitrogens is 3. The van der Waals surface area contributed by atoms with Crippen LogP contribution in [0.3, 0.4) is 0 Å². The van der Waals surface area contributed by atoms with E-state index >= 15 is 0 Å². The Labute approximate surface area is 214 Å². The molecule has 2 heterocycles. The number of sulfone groups is 1. The average molecular weight is 531 g/mol. The van der Waals surface area contributed by atoms with Gasteiger partial charge in [-0.1, -0.05) is 32.9 Å². The van der Waals surface area contributed by atoms with Gasteiger partial charge in [0.05, 0.1) is 21.9 Å². The maximum atomic E-state index is 12.9. The smallest absolute Gasteiger partial charge is 0.278 e. The topological polar surface area (TPSA) is 119 Å². The molecule has 2 aromatic carbocycles. The van der Waals surface area contributed by atoms with Crippen LogP contribution in [0.1, 0.15) is 39.3 Å². The molecule has 0 saturated heterocycles. The molecule has 190 valence electrons. The molecule has 7 nitrogen and oxygen atoms in total. The van der Waals surface area contributed by atoms with E-state index < -0.39 is 15.4 Å². The number of benzene rings is 2. The van der Waals surface area contributed by atoms with Crippen LogP contribution in [0.5, 0.6) is 0 Å². The molecule has 0 fully saturated rings. The minimum Gasteiger partial charge on any atom is -0.324 e. The highest BCUT2D eigenvalue weighted by Crippen LogP contribution is 2.23. The number of halogens is 2. The molecule has 0 radical (unpaired) electrons. The van der Waals surface area contributed by atoms with Gasteiger partial charge in [-0.3, -0.25) is 9.78 Å². The van der Waals surface area contributed by atoms with E-state index in [-0.39, 0.29) is 33.8 Å². The van der Waals surface area contributed by atoms with Gasteiger partial charge >= 0.3 is 0 Å². The number of hydrogen-bond donors (Lipinski definition) is 2. The first-order valence-corrected chi connectivity index (χ1v) is 13.2. The molecular weight excluding hydrogens is 503 g/mol. The summed E-state index contributed by atoms with van der Waals surface area (Å²) in [7, 11) is -3.20. The molecule has 0 spiro atoms. The predicted octanol–water partition coefficient (Wildman–Crippen LogP) is 5.30. The SMILES string of the molecule is C[C@@H](N)c1ccc(S(=O)(=O)CC(C)(C)C)cc1.O=c1[nH]c(Cl)nc2ccc(-c3ccc(F)cc3)nc12. The van der Waals surface area contributed by atoms with Gasteiger partial charge in [0, 0.05) is 11.6 Å². The molecule has 0 amide bonds. The van der Waals surface area contributed by atoms with Crippen molar-refractivity contribution in [3.8, 4) is 11.3 Å². The monoisotopic (exact) mass is 530 g/mol. The van der Waals surface area contributed by atoms with Crippen molar-refractivity contribution >= 4 is 32.5 Å². The van der Waals surface area contributed by atoms with Gasteiger partial charge in [-0.15, -0.1) is 0 Å². The zero-order valence-corrected chi connectivity index (χ0v) is 22.0. The maximum absolute atomic E-state index is 12.9. The number of hydrogen-bond acceptors (Lipinski definition) is 6. The molecule has 0 bridgehead atoms. The lowest BCUT2D eigenvalue weighted by Crippen LogP contribution is -2.20. The number of nitrogens with zero attached hydrogens (tertiary/aromatic N) is 2. The van der Waals surface area contributed by atoms with Gasteiger partial charge in [-0.05, 0) is 78.0 Å². The van der Waals surface area contributed by atoms with Crippen molar-refractivity contribution in [2.45, 2.75) is 38.6 Å². The summed E-state index contributed by atoms with van der Waals surface area (Å²) in [6, 6.07) is 16.0.